The van der Waals surface area contributed by atoms with Crippen molar-refractivity contribution in [3.8, 4) is 22.3 Å². The lowest BCUT2D eigenvalue weighted by molar-refractivity contribution is 1.23. The first-order valence-electron chi connectivity index (χ1n) is 10.8. The van der Waals surface area contributed by atoms with Gasteiger partial charge in [-0.15, -0.1) is 0 Å². The van der Waals surface area contributed by atoms with Crippen LogP contribution < -0.4 is 0 Å². The predicted molar refractivity (Wildman–Crippen MR) is 124 cm³/mol. The van der Waals surface area contributed by atoms with Gasteiger partial charge in [0.25, 0.3) is 0 Å². The molecule has 3 nitrogen and oxygen atoms in total. The molecule has 0 N–H and O–H groups in total. The van der Waals surface area contributed by atoms with Crippen LogP contribution in [0.3, 0.4) is 0 Å². The maximum Gasteiger partial charge on any atom is 0.145 e. The molecule has 0 saturated heterocycles. The molecule has 0 fully saturated rings. The molecular weight excluding hydrogens is 378 g/mol. The van der Waals surface area contributed by atoms with Gasteiger partial charge in [0.2, 0.25) is 0 Å². The Labute approximate surface area is 178 Å². The molecule has 3 aromatic heterocycles. The van der Waals surface area contributed by atoms with E-state index in [0.29, 0.717) is 0 Å². The molecule has 2 aliphatic rings. The van der Waals surface area contributed by atoms with Crippen LogP contribution in [0.5, 0.6) is 0 Å². The molecule has 6 aromatic rings. The number of fused-ring (bicyclic) bond motifs is 13. The molecule has 3 heteroatoms. The fraction of sp³-hybridized carbons (Fsp3) is 0.0714. The molecule has 0 spiro atoms. The lowest BCUT2D eigenvalue weighted by Gasteiger charge is -2.11. The third-order valence-corrected chi connectivity index (χ3v) is 7.15. The van der Waals surface area contributed by atoms with Crippen molar-refractivity contribution in [1.29, 1.82) is 0 Å². The normalized spacial score (nSPS) is 13.5. The van der Waals surface area contributed by atoms with Crippen molar-refractivity contribution in [3.05, 3.63) is 102 Å². The van der Waals surface area contributed by atoms with Crippen LogP contribution >= 0.6 is 0 Å². The average Bonchev–Trinajstić information content (AvgIpc) is 3.52. The molecular formula is C28H17N3. The first-order chi connectivity index (χ1) is 15.4. The molecule has 31 heavy (non-hydrogen) atoms. The maximum atomic E-state index is 4.76. The van der Waals surface area contributed by atoms with Crippen LogP contribution in [0.4, 0.5) is 0 Å². The molecule has 0 radical (unpaired) electrons. The number of hydrogen-bond donors (Lipinski definition) is 0. The second-order valence-corrected chi connectivity index (χ2v) is 8.68. The summed E-state index contributed by atoms with van der Waals surface area (Å²) in [6.45, 7) is 0. The second kappa shape index (κ2) is 5.38. The third kappa shape index (κ3) is 1.89. The Morgan fingerprint density at radius 3 is 2.52 bits per heavy atom. The van der Waals surface area contributed by atoms with E-state index >= 15 is 0 Å². The van der Waals surface area contributed by atoms with Crippen LogP contribution in [-0.2, 0) is 12.8 Å². The predicted octanol–water partition coefficient (Wildman–Crippen LogP) is 6.18. The standard InChI is InChI=1S/C28H17N3/c1-2-5-19-16(4-1)12-17-13-23-18(14-22(17)19)15-24-20(23)7-8-21-26(24)28-30-10-11-31(28)25-6-3-9-29-27(21)25/h1-11,13-14H,12,15H2. The van der Waals surface area contributed by atoms with Gasteiger partial charge in [-0.1, -0.05) is 36.4 Å². The van der Waals surface area contributed by atoms with Crippen molar-refractivity contribution in [1.82, 2.24) is 14.4 Å². The van der Waals surface area contributed by atoms with Crippen LogP contribution in [0.2, 0.25) is 0 Å². The van der Waals surface area contributed by atoms with Crippen molar-refractivity contribution in [2.75, 3.05) is 0 Å². The minimum absolute atomic E-state index is 0.943. The largest absolute Gasteiger partial charge is 0.298 e. The fourth-order valence-electron chi connectivity index (χ4n) is 5.83. The highest BCUT2D eigenvalue weighted by Crippen LogP contribution is 2.47. The maximum absolute atomic E-state index is 4.76. The van der Waals surface area contributed by atoms with E-state index in [2.05, 4.69) is 59.0 Å². The quantitative estimate of drug-likeness (QED) is 0.287. The lowest BCUT2D eigenvalue weighted by Crippen LogP contribution is -1.95. The summed E-state index contributed by atoms with van der Waals surface area (Å²) >= 11 is 0. The summed E-state index contributed by atoms with van der Waals surface area (Å²) in [4.78, 5) is 9.51. The lowest BCUT2D eigenvalue weighted by atomic mass is 9.97. The van der Waals surface area contributed by atoms with E-state index in [1.54, 1.807) is 0 Å². The Bertz CT molecular complexity index is 1740. The number of pyridine rings is 2. The Morgan fingerprint density at radius 1 is 0.677 bits per heavy atom. The second-order valence-electron chi connectivity index (χ2n) is 8.68. The van der Waals surface area contributed by atoms with E-state index in [-0.39, 0.29) is 0 Å². The van der Waals surface area contributed by atoms with Gasteiger partial charge < -0.3 is 0 Å². The van der Waals surface area contributed by atoms with Gasteiger partial charge in [0.05, 0.1) is 11.0 Å². The molecule has 0 unspecified atom stereocenters. The summed E-state index contributed by atoms with van der Waals surface area (Å²) in [6, 6.07) is 22.3. The monoisotopic (exact) mass is 395 g/mol. The highest BCUT2D eigenvalue weighted by Gasteiger charge is 2.27. The summed E-state index contributed by atoms with van der Waals surface area (Å²) in [6.07, 6.45) is 7.80. The van der Waals surface area contributed by atoms with Gasteiger partial charge in [-0.25, -0.2) is 4.98 Å². The number of benzene rings is 3. The van der Waals surface area contributed by atoms with Crippen LogP contribution in [0, 0.1) is 0 Å². The molecule has 0 amide bonds. The minimum atomic E-state index is 0.943. The van der Waals surface area contributed by atoms with Crippen LogP contribution in [0.1, 0.15) is 22.3 Å². The van der Waals surface area contributed by atoms with E-state index in [1.807, 2.05) is 24.7 Å². The summed E-state index contributed by atoms with van der Waals surface area (Å²) in [5, 5.41) is 2.43. The molecule has 0 saturated carbocycles. The van der Waals surface area contributed by atoms with Gasteiger partial charge in [0.15, 0.2) is 0 Å². The van der Waals surface area contributed by atoms with Gasteiger partial charge in [-0.2, -0.15) is 0 Å². The van der Waals surface area contributed by atoms with E-state index in [9.17, 15) is 0 Å². The Hall–Kier alpha value is -3.98. The van der Waals surface area contributed by atoms with E-state index in [0.717, 1.165) is 29.5 Å². The Morgan fingerprint density at radius 2 is 1.55 bits per heavy atom. The highest BCUT2D eigenvalue weighted by atomic mass is 15.0. The van der Waals surface area contributed by atoms with Crippen molar-refractivity contribution >= 4 is 27.5 Å². The smallest absolute Gasteiger partial charge is 0.145 e. The van der Waals surface area contributed by atoms with Crippen molar-refractivity contribution in [3.63, 3.8) is 0 Å². The van der Waals surface area contributed by atoms with Gasteiger partial charge in [-0.05, 0) is 81.6 Å². The van der Waals surface area contributed by atoms with Crippen LogP contribution in [0.25, 0.3) is 49.7 Å². The zero-order chi connectivity index (χ0) is 20.1. The zero-order valence-corrected chi connectivity index (χ0v) is 16.8. The van der Waals surface area contributed by atoms with Crippen molar-refractivity contribution in [2.24, 2.45) is 0 Å². The summed E-state index contributed by atoms with van der Waals surface area (Å²) < 4.78 is 2.18. The first-order valence-corrected chi connectivity index (χ1v) is 10.8. The number of nitrogens with zero attached hydrogens (tertiary/aromatic N) is 3. The van der Waals surface area contributed by atoms with Crippen molar-refractivity contribution < 1.29 is 0 Å². The molecule has 0 aliphatic heterocycles. The van der Waals surface area contributed by atoms with Gasteiger partial charge in [0.1, 0.15) is 5.65 Å². The average molecular weight is 395 g/mol. The van der Waals surface area contributed by atoms with Crippen LogP contribution in [0.15, 0.2) is 79.3 Å². The topological polar surface area (TPSA) is 30.2 Å². The third-order valence-electron chi connectivity index (χ3n) is 7.15. The first kappa shape index (κ1) is 15.8. The molecule has 3 heterocycles. The number of aromatic nitrogens is 3. The number of rotatable bonds is 0. The SMILES string of the molecule is c1ccc2c(c1)Cc1cc3c(cc1-2)Cc1c-3ccc2c3ncccc3n3ccnc3c12. The van der Waals surface area contributed by atoms with E-state index < -0.39 is 0 Å². The molecule has 0 bridgehead atoms. The van der Waals surface area contributed by atoms with Gasteiger partial charge in [-0.3, -0.25) is 9.38 Å². The van der Waals surface area contributed by atoms with E-state index in [1.165, 1.54) is 55.3 Å². The highest BCUT2D eigenvalue weighted by molar-refractivity contribution is 6.13. The van der Waals surface area contributed by atoms with Crippen molar-refractivity contribution in [2.45, 2.75) is 12.8 Å². The van der Waals surface area contributed by atoms with Crippen LogP contribution in [-0.4, -0.2) is 14.4 Å². The summed E-state index contributed by atoms with van der Waals surface area (Å²) in [5.41, 5.74) is 14.4. The zero-order valence-electron chi connectivity index (χ0n) is 16.8. The Kier molecular flexibility index (Phi) is 2.74. The fourth-order valence-corrected chi connectivity index (χ4v) is 5.83. The summed E-state index contributed by atoms with van der Waals surface area (Å²) in [7, 11) is 0. The molecule has 3 aromatic carbocycles. The molecule has 144 valence electrons. The number of imidazole rings is 1. The van der Waals surface area contributed by atoms with Gasteiger partial charge >= 0.3 is 0 Å². The number of hydrogen-bond acceptors (Lipinski definition) is 2. The van der Waals surface area contributed by atoms with E-state index in [4.69, 9.17) is 9.97 Å². The van der Waals surface area contributed by atoms with Gasteiger partial charge in [0, 0.05) is 29.4 Å². The molecule has 2 aliphatic carbocycles. The minimum Gasteiger partial charge on any atom is -0.298 e. The summed E-state index contributed by atoms with van der Waals surface area (Å²) in [5.74, 6) is 0. The molecule has 8 rings (SSSR count). The molecule has 0 atom stereocenters. The Balaban J connectivity index is 1.44.